The van der Waals surface area contributed by atoms with Gasteiger partial charge < -0.3 is 0 Å². The van der Waals surface area contributed by atoms with Crippen molar-refractivity contribution in [3.8, 4) is 23.7 Å². The first-order valence-corrected chi connectivity index (χ1v) is 10.0. The van der Waals surface area contributed by atoms with E-state index in [-0.39, 0.29) is 16.3 Å². The Morgan fingerprint density at radius 3 is 1.73 bits per heavy atom. The summed E-state index contributed by atoms with van der Waals surface area (Å²) in [6.45, 7) is 1.81. The topological polar surface area (TPSA) is 0 Å². The first-order valence-electron chi connectivity index (χ1n) is 10.0. The van der Waals surface area contributed by atoms with Crippen molar-refractivity contribution < 1.29 is 22.0 Å². The predicted octanol–water partition coefficient (Wildman–Crippen LogP) is 6.90. The smallest absolute Gasteiger partial charge is 0.195 e. The molecular formula is C28H15F5. The highest BCUT2D eigenvalue weighted by atomic mass is 19.2. The summed E-state index contributed by atoms with van der Waals surface area (Å²) in [6, 6.07) is 14.5. The third-order valence-corrected chi connectivity index (χ3v) is 5.05. The van der Waals surface area contributed by atoms with Gasteiger partial charge in [0.1, 0.15) is 11.6 Å². The Kier molecular flexibility index (Phi) is 6.16. The number of hydrogen-bond acceptors (Lipinski definition) is 0. The number of aryl methyl sites for hydroxylation is 1. The average molecular weight is 446 g/mol. The normalized spacial score (nSPS) is 10.4. The van der Waals surface area contributed by atoms with Crippen molar-refractivity contribution in [3.05, 3.63) is 118 Å². The SMILES string of the molecule is CCc1cc(F)c(C#Cc2ccc(C#Cc3ccc4c(F)c(F)c(F)cc4c3)cc2)c(F)c1. The van der Waals surface area contributed by atoms with Crippen LogP contribution in [0.4, 0.5) is 22.0 Å². The molecule has 0 fully saturated rings. The lowest BCUT2D eigenvalue weighted by molar-refractivity contribution is 0.453. The molecule has 4 aromatic rings. The second-order valence-electron chi connectivity index (χ2n) is 7.29. The highest BCUT2D eigenvalue weighted by molar-refractivity contribution is 5.84. The van der Waals surface area contributed by atoms with E-state index in [0.29, 0.717) is 28.7 Å². The van der Waals surface area contributed by atoms with Gasteiger partial charge in [-0.25, -0.2) is 22.0 Å². The Labute approximate surface area is 187 Å². The van der Waals surface area contributed by atoms with Gasteiger partial charge in [0.15, 0.2) is 17.5 Å². The van der Waals surface area contributed by atoms with E-state index >= 15 is 0 Å². The minimum Gasteiger partial charge on any atom is -0.206 e. The fourth-order valence-electron chi connectivity index (χ4n) is 3.25. The summed E-state index contributed by atoms with van der Waals surface area (Å²) in [6.07, 6.45) is 0.523. The number of fused-ring (bicyclic) bond motifs is 1. The molecular weight excluding hydrogens is 431 g/mol. The van der Waals surface area contributed by atoms with Crippen molar-refractivity contribution in [2.45, 2.75) is 13.3 Å². The molecule has 0 heterocycles. The standard InChI is InChI=1S/C28H15F5/c1-2-17-14-24(29)23(25(30)15-17)12-9-19-5-3-18(4-6-19)7-8-20-10-11-22-21(13-20)16-26(31)28(33)27(22)32/h3-6,10-11,13-16H,2H2,1H3. The molecule has 0 spiro atoms. The van der Waals surface area contributed by atoms with Gasteiger partial charge in [0.2, 0.25) is 0 Å². The second-order valence-corrected chi connectivity index (χ2v) is 7.29. The first-order chi connectivity index (χ1) is 15.9. The highest BCUT2D eigenvalue weighted by Crippen LogP contribution is 2.24. The van der Waals surface area contributed by atoms with E-state index in [4.69, 9.17) is 0 Å². The summed E-state index contributed by atoms with van der Waals surface area (Å²) in [5, 5.41) is 0.176. The molecule has 4 aromatic carbocycles. The molecule has 162 valence electrons. The Morgan fingerprint density at radius 1 is 0.576 bits per heavy atom. The third kappa shape index (κ3) is 4.73. The lowest BCUT2D eigenvalue weighted by Gasteiger charge is -2.02. The monoisotopic (exact) mass is 446 g/mol. The number of halogens is 5. The molecule has 33 heavy (non-hydrogen) atoms. The van der Waals surface area contributed by atoms with E-state index in [9.17, 15) is 22.0 Å². The van der Waals surface area contributed by atoms with Gasteiger partial charge in [-0.05, 0) is 72.0 Å². The molecule has 0 aliphatic heterocycles. The van der Waals surface area contributed by atoms with Crippen molar-refractivity contribution in [3.63, 3.8) is 0 Å². The number of rotatable bonds is 1. The zero-order chi connectivity index (χ0) is 23.5. The fraction of sp³-hybridized carbons (Fsp3) is 0.0714. The molecule has 0 atom stereocenters. The second kappa shape index (κ2) is 9.18. The lowest BCUT2D eigenvalue weighted by atomic mass is 10.1. The molecule has 0 nitrogen and oxygen atoms in total. The van der Waals surface area contributed by atoms with Crippen LogP contribution in [0.1, 0.15) is 34.7 Å². The van der Waals surface area contributed by atoms with Crippen molar-refractivity contribution in [2.24, 2.45) is 0 Å². The molecule has 0 aliphatic rings. The Bertz CT molecular complexity index is 1470. The van der Waals surface area contributed by atoms with Crippen LogP contribution in [-0.4, -0.2) is 0 Å². The summed E-state index contributed by atoms with van der Waals surface area (Å²) in [5.41, 5.74) is 1.98. The molecule has 4 rings (SSSR count). The van der Waals surface area contributed by atoms with Crippen LogP contribution in [0.2, 0.25) is 0 Å². The molecule has 0 saturated heterocycles. The lowest BCUT2D eigenvalue weighted by Crippen LogP contribution is -1.93. The summed E-state index contributed by atoms with van der Waals surface area (Å²) in [7, 11) is 0. The van der Waals surface area contributed by atoms with Crippen LogP contribution in [0.5, 0.6) is 0 Å². The molecule has 0 amide bonds. The summed E-state index contributed by atoms with van der Waals surface area (Å²) < 4.78 is 68.8. The molecule has 0 aromatic heterocycles. The zero-order valence-electron chi connectivity index (χ0n) is 17.4. The van der Waals surface area contributed by atoms with Crippen LogP contribution in [0.25, 0.3) is 10.8 Å². The minimum atomic E-state index is -1.51. The van der Waals surface area contributed by atoms with Gasteiger partial charge in [0.25, 0.3) is 0 Å². The van der Waals surface area contributed by atoms with Crippen LogP contribution in [-0.2, 0) is 6.42 Å². The van der Waals surface area contributed by atoms with Gasteiger partial charge in [-0.3, -0.25) is 0 Å². The van der Waals surface area contributed by atoms with Crippen LogP contribution < -0.4 is 0 Å². The minimum absolute atomic E-state index is 0.0282. The van der Waals surface area contributed by atoms with E-state index in [0.717, 1.165) is 6.07 Å². The molecule has 0 unspecified atom stereocenters. The van der Waals surface area contributed by atoms with Crippen molar-refractivity contribution >= 4 is 10.8 Å². The van der Waals surface area contributed by atoms with E-state index in [1.54, 1.807) is 24.3 Å². The highest BCUT2D eigenvalue weighted by Gasteiger charge is 2.13. The Hall–Kier alpha value is -4.09. The van der Waals surface area contributed by atoms with Crippen LogP contribution in [0.3, 0.4) is 0 Å². The molecule has 0 saturated carbocycles. The fourth-order valence-corrected chi connectivity index (χ4v) is 3.25. The summed E-state index contributed by atoms with van der Waals surface area (Å²) in [5.74, 6) is 5.68. The van der Waals surface area contributed by atoms with Crippen molar-refractivity contribution in [1.82, 2.24) is 0 Å². The summed E-state index contributed by atoms with van der Waals surface area (Å²) >= 11 is 0. The summed E-state index contributed by atoms with van der Waals surface area (Å²) in [4.78, 5) is 0. The maximum atomic E-state index is 14.1. The van der Waals surface area contributed by atoms with E-state index < -0.39 is 29.1 Å². The van der Waals surface area contributed by atoms with Gasteiger partial charge in [-0.15, -0.1) is 0 Å². The number of benzene rings is 4. The van der Waals surface area contributed by atoms with Crippen LogP contribution >= 0.6 is 0 Å². The van der Waals surface area contributed by atoms with Crippen molar-refractivity contribution in [2.75, 3.05) is 0 Å². The van der Waals surface area contributed by atoms with Crippen LogP contribution in [0, 0.1) is 52.8 Å². The van der Waals surface area contributed by atoms with Gasteiger partial charge >= 0.3 is 0 Å². The Morgan fingerprint density at radius 2 is 1.12 bits per heavy atom. The molecule has 5 heteroatoms. The van der Waals surface area contributed by atoms with E-state index in [1.807, 2.05) is 6.92 Å². The zero-order valence-corrected chi connectivity index (χ0v) is 17.4. The largest absolute Gasteiger partial charge is 0.206 e. The molecule has 0 aliphatic carbocycles. The van der Waals surface area contributed by atoms with Gasteiger partial charge in [-0.2, -0.15) is 0 Å². The average Bonchev–Trinajstić information content (AvgIpc) is 2.81. The van der Waals surface area contributed by atoms with E-state index in [1.165, 1.54) is 30.3 Å². The molecule has 0 radical (unpaired) electrons. The quantitative estimate of drug-likeness (QED) is 0.170. The van der Waals surface area contributed by atoms with Gasteiger partial charge in [-0.1, -0.05) is 36.7 Å². The maximum Gasteiger partial charge on any atom is 0.195 e. The maximum absolute atomic E-state index is 14.1. The third-order valence-electron chi connectivity index (χ3n) is 5.05. The number of hydrogen-bond donors (Lipinski definition) is 0. The Balaban J connectivity index is 1.56. The van der Waals surface area contributed by atoms with Gasteiger partial charge in [0, 0.05) is 22.1 Å². The first kappa shape index (κ1) is 22.1. The molecule has 0 N–H and O–H groups in total. The van der Waals surface area contributed by atoms with E-state index in [2.05, 4.69) is 23.7 Å². The molecule has 0 bridgehead atoms. The van der Waals surface area contributed by atoms with Gasteiger partial charge in [0.05, 0.1) is 5.56 Å². The van der Waals surface area contributed by atoms with Crippen molar-refractivity contribution in [1.29, 1.82) is 0 Å². The predicted molar refractivity (Wildman–Crippen MR) is 118 cm³/mol. The van der Waals surface area contributed by atoms with Crippen LogP contribution in [0.15, 0.2) is 60.7 Å².